The van der Waals surface area contributed by atoms with Crippen LogP contribution in [0.25, 0.3) is 0 Å². The van der Waals surface area contributed by atoms with Gasteiger partial charge in [-0.05, 0) is 70.1 Å². The Balaban J connectivity index is 1.75. The standard InChI is InChI=1S/C18H25FN2O2/c1-18(2,3)23-17(22)21-13-5-6-14(21)9-11(8-13)15-7-4-12(20)10-16(15)19/h4,7,10-11,13-14H,5-6,8-9,20H2,1-3H3. The van der Waals surface area contributed by atoms with Gasteiger partial charge in [0.15, 0.2) is 0 Å². The Morgan fingerprint density at radius 1 is 1.26 bits per heavy atom. The zero-order valence-electron chi connectivity index (χ0n) is 14.0. The molecule has 2 unspecified atom stereocenters. The lowest BCUT2D eigenvalue weighted by atomic mass is 9.85. The molecule has 0 saturated carbocycles. The molecule has 5 heteroatoms. The van der Waals surface area contributed by atoms with Crippen molar-refractivity contribution in [3.63, 3.8) is 0 Å². The maximum Gasteiger partial charge on any atom is 0.410 e. The number of nitrogens with zero attached hydrogens (tertiary/aromatic N) is 1. The van der Waals surface area contributed by atoms with E-state index in [0.29, 0.717) is 5.69 Å². The molecule has 0 aliphatic carbocycles. The number of fused-ring (bicyclic) bond motifs is 2. The van der Waals surface area contributed by atoms with Crippen LogP contribution >= 0.6 is 0 Å². The summed E-state index contributed by atoms with van der Waals surface area (Å²) in [5, 5.41) is 0. The Labute approximate surface area is 136 Å². The molecule has 1 aromatic carbocycles. The van der Waals surface area contributed by atoms with Crippen LogP contribution in [0.4, 0.5) is 14.9 Å². The average Bonchev–Trinajstić information content (AvgIpc) is 2.68. The molecule has 2 bridgehead atoms. The van der Waals surface area contributed by atoms with Gasteiger partial charge < -0.3 is 15.4 Å². The zero-order chi connectivity index (χ0) is 16.8. The summed E-state index contributed by atoms with van der Waals surface area (Å²) < 4.78 is 19.7. The van der Waals surface area contributed by atoms with E-state index in [2.05, 4.69) is 0 Å². The number of anilines is 1. The molecular weight excluding hydrogens is 295 g/mol. The molecule has 4 nitrogen and oxygen atoms in total. The van der Waals surface area contributed by atoms with Gasteiger partial charge in [0.05, 0.1) is 0 Å². The van der Waals surface area contributed by atoms with Gasteiger partial charge in [0, 0.05) is 17.8 Å². The van der Waals surface area contributed by atoms with Crippen LogP contribution < -0.4 is 5.73 Å². The first-order chi connectivity index (χ1) is 10.7. The van der Waals surface area contributed by atoms with E-state index in [9.17, 15) is 9.18 Å². The number of amides is 1. The molecule has 2 aliphatic heterocycles. The van der Waals surface area contributed by atoms with Crippen LogP contribution in [0.2, 0.25) is 0 Å². The number of hydrogen-bond acceptors (Lipinski definition) is 3. The highest BCUT2D eigenvalue weighted by molar-refractivity contribution is 5.69. The molecule has 2 heterocycles. The molecule has 3 rings (SSSR count). The third-order valence-electron chi connectivity index (χ3n) is 4.80. The van der Waals surface area contributed by atoms with E-state index in [0.717, 1.165) is 31.2 Å². The molecule has 2 saturated heterocycles. The normalized spacial score (nSPS) is 27.1. The second-order valence-electron chi connectivity index (χ2n) is 7.72. The topological polar surface area (TPSA) is 55.6 Å². The SMILES string of the molecule is CC(C)(C)OC(=O)N1C2CCC1CC(c1ccc(N)cc1F)C2. The van der Waals surface area contributed by atoms with Crippen molar-refractivity contribution in [1.82, 2.24) is 4.90 Å². The largest absolute Gasteiger partial charge is 0.444 e. The van der Waals surface area contributed by atoms with Gasteiger partial charge in [0.1, 0.15) is 11.4 Å². The van der Waals surface area contributed by atoms with Crippen molar-refractivity contribution >= 4 is 11.8 Å². The van der Waals surface area contributed by atoms with Gasteiger partial charge in [-0.3, -0.25) is 0 Å². The van der Waals surface area contributed by atoms with Crippen LogP contribution in [0.15, 0.2) is 18.2 Å². The number of piperidine rings is 1. The number of hydrogen-bond donors (Lipinski definition) is 1. The molecule has 2 aliphatic rings. The second kappa shape index (κ2) is 5.69. The van der Waals surface area contributed by atoms with Gasteiger partial charge in [-0.25, -0.2) is 9.18 Å². The number of benzene rings is 1. The predicted octanol–water partition coefficient (Wildman–Crippen LogP) is 4.05. The maximum absolute atomic E-state index is 14.2. The van der Waals surface area contributed by atoms with Crippen molar-refractivity contribution in [3.05, 3.63) is 29.6 Å². The Hall–Kier alpha value is -1.78. The molecule has 2 atom stereocenters. The van der Waals surface area contributed by atoms with Crippen LogP contribution in [-0.4, -0.2) is 28.7 Å². The monoisotopic (exact) mass is 320 g/mol. The first-order valence-corrected chi connectivity index (χ1v) is 8.31. The lowest BCUT2D eigenvalue weighted by molar-refractivity contribution is 0.00576. The van der Waals surface area contributed by atoms with Gasteiger partial charge in [-0.1, -0.05) is 6.07 Å². The summed E-state index contributed by atoms with van der Waals surface area (Å²) in [4.78, 5) is 14.3. The second-order valence-corrected chi connectivity index (χ2v) is 7.72. The van der Waals surface area contributed by atoms with Gasteiger partial charge >= 0.3 is 6.09 Å². The smallest absolute Gasteiger partial charge is 0.410 e. The van der Waals surface area contributed by atoms with Gasteiger partial charge in [0.25, 0.3) is 0 Å². The van der Waals surface area contributed by atoms with E-state index in [-0.39, 0.29) is 29.9 Å². The minimum atomic E-state index is -0.490. The lowest BCUT2D eigenvalue weighted by Crippen LogP contribution is -2.48. The molecule has 0 spiro atoms. The van der Waals surface area contributed by atoms with E-state index in [1.54, 1.807) is 12.1 Å². The third-order valence-corrected chi connectivity index (χ3v) is 4.80. The molecule has 2 N–H and O–H groups in total. The number of ether oxygens (including phenoxy) is 1. The molecule has 2 fully saturated rings. The summed E-state index contributed by atoms with van der Waals surface area (Å²) in [6.45, 7) is 5.63. The summed E-state index contributed by atoms with van der Waals surface area (Å²) in [7, 11) is 0. The van der Waals surface area contributed by atoms with Gasteiger partial charge in [0.2, 0.25) is 0 Å². The molecule has 1 amide bonds. The minimum absolute atomic E-state index is 0.144. The van der Waals surface area contributed by atoms with Crippen molar-refractivity contribution in [2.75, 3.05) is 5.73 Å². The van der Waals surface area contributed by atoms with Crippen molar-refractivity contribution in [2.45, 2.75) is 70.1 Å². The zero-order valence-corrected chi connectivity index (χ0v) is 14.0. The molecular formula is C18H25FN2O2. The van der Waals surface area contributed by atoms with Gasteiger partial charge in [-0.15, -0.1) is 0 Å². The summed E-state index contributed by atoms with van der Waals surface area (Å²) >= 11 is 0. The van der Waals surface area contributed by atoms with E-state index in [1.807, 2.05) is 25.7 Å². The van der Waals surface area contributed by atoms with Crippen molar-refractivity contribution in [2.24, 2.45) is 0 Å². The fourth-order valence-electron chi connectivity index (χ4n) is 3.92. The van der Waals surface area contributed by atoms with E-state index in [4.69, 9.17) is 10.5 Å². The summed E-state index contributed by atoms with van der Waals surface area (Å²) in [6, 6.07) is 5.21. The van der Waals surface area contributed by atoms with E-state index < -0.39 is 5.60 Å². The average molecular weight is 320 g/mol. The van der Waals surface area contributed by atoms with E-state index in [1.165, 1.54) is 6.07 Å². The van der Waals surface area contributed by atoms with Crippen LogP contribution in [0.5, 0.6) is 0 Å². The maximum atomic E-state index is 14.2. The number of nitrogen functional groups attached to an aromatic ring is 1. The van der Waals surface area contributed by atoms with Crippen molar-refractivity contribution in [3.8, 4) is 0 Å². The van der Waals surface area contributed by atoms with Crippen molar-refractivity contribution < 1.29 is 13.9 Å². The fourth-order valence-corrected chi connectivity index (χ4v) is 3.92. The quantitative estimate of drug-likeness (QED) is 0.794. The molecule has 0 aromatic heterocycles. The molecule has 23 heavy (non-hydrogen) atoms. The summed E-state index contributed by atoms with van der Waals surface area (Å²) in [5.41, 5.74) is 6.31. The summed E-state index contributed by atoms with van der Waals surface area (Å²) in [6.07, 6.45) is 3.28. The Morgan fingerprint density at radius 2 is 1.87 bits per heavy atom. The number of rotatable bonds is 1. The van der Waals surface area contributed by atoms with Crippen LogP contribution in [0.1, 0.15) is 57.9 Å². The van der Waals surface area contributed by atoms with E-state index >= 15 is 0 Å². The Morgan fingerprint density at radius 3 is 2.39 bits per heavy atom. The molecule has 1 aromatic rings. The number of nitrogens with two attached hydrogens (primary N) is 1. The highest BCUT2D eigenvalue weighted by Gasteiger charge is 2.45. The number of carbonyl (C=O) groups excluding carboxylic acids is 1. The lowest BCUT2D eigenvalue weighted by Gasteiger charge is -2.39. The van der Waals surface area contributed by atoms with Crippen LogP contribution in [0, 0.1) is 5.82 Å². The highest BCUT2D eigenvalue weighted by Crippen LogP contribution is 2.44. The first-order valence-electron chi connectivity index (χ1n) is 8.31. The predicted molar refractivity (Wildman–Crippen MR) is 87.7 cm³/mol. The summed E-state index contributed by atoms with van der Waals surface area (Å²) in [5.74, 6) is -0.0908. The van der Waals surface area contributed by atoms with Crippen molar-refractivity contribution in [1.29, 1.82) is 0 Å². The third kappa shape index (κ3) is 3.28. The van der Waals surface area contributed by atoms with Gasteiger partial charge in [-0.2, -0.15) is 0 Å². The fraction of sp³-hybridized carbons (Fsp3) is 0.611. The first kappa shape index (κ1) is 16.1. The Bertz CT molecular complexity index is 598. The minimum Gasteiger partial charge on any atom is -0.444 e. The Kier molecular flexibility index (Phi) is 3.98. The number of carbonyl (C=O) groups is 1. The molecule has 126 valence electrons. The number of halogens is 1. The highest BCUT2D eigenvalue weighted by atomic mass is 19.1. The van der Waals surface area contributed by atoms with Crippen LogP contribution in [-0.2, 0) is 4.74 Å². The van der Waals surface area contributed by atoms with Crippen LogP contribution in [0.3, 0.4) is 0 Å². The molecule has 0 radical (unpaired) electrons.